The number of hydrogen-bond acceptors (Lipinski definition) is 1. The van der Waals surface area contributed by atoms with Gasteiger partial charge in [-0.25, -0.2) is 0 Å². The first kappa shape index (κ1) is 13.4. The minimum Gasteiger partial charge on any atom is -0.346 e. The number of fused-ring (bicyclic) bond motifs is 1. The van der Waals surface area contributed by atoms with Gasteiger partial charge in [0.15, 0.2) is 0 Å². The quantitative estimate of drug-likeness (QED) is 0.783. The maximum absolute atomic E-state index is 6.04. The van der Waals surface area contributed by atoms with Crippen LogP contribution in [0.25, 0.3) is 10.9 Å². The normalized spacial score (nSPS) is 11.6. The summed E-state index contributed by atoms with van der Waals surface area (Å²) in [6.45, 7) is 7.59. The zero-order valence-corrected chi connectivity index (χ0v) is 11.9. The Morgan fingerprint density at radius 3 is 2.83 bits per heavy atom. The number of nitrogens with zero attached hydrogens (tertiary/aromatic N) is 1. The van der Waals surface area contributed by atoms with Crippen LogP contribution < -0.4 is 5.32 Å². The Hall–Kier alpha value is -0.990. The van der Waals surface area contributed by atoms with Gasteiger partial charge in [0.2, 0.25) is 0 Å². The maximum Gasteiger partial charge on any atom is 0.0495 e. The topological polar surface area (TPSA) is 17.0 Å². The fourth-order valence-electron chi connectivity index (χ4n) is 2.07. The third kappa shape index (κ3) is 3.50. The van der Waals surface area contributed by atoms with Crippen LogP contribution in [0.15, 0.2) is 30.5 Å². The van der Waals surface area contributed by atoms with Gasteiger partial charge in [0.05, 0.1) is 0 Å². The Labute approximate surface area is 114 Å². The highest BCUT2D eigenvalue weighted by Crippen LogP contribution is 2.20. The van der Waals surface area contributed by atoms with Crippen molar-refractivity contribution in [1.82, 2.24) is 9.88 Å². The largest absolute Gasteiger partial charge is 0.346 e. The Balaban J connectivity index is 1.89. The van der Waals surface area contributed by atoms with Crippen molar-refractivity contribution in [2.45, 2.75) is 26.8 Å². The van der Waals surface area contributed by atoms with Crippen LogP contribution in [0.5, 0.6) is 0 Å². The number of aromatic nitrogens is 1. The molecule has 98 valence electrons. The van der Waals surface area contributed by atoms with Gasteiger partial charge in [0.1, 0.15) is 0 Å². The van der Waals surface area contributed by atoms with Crippen LogP contribution in [0.3, 0.4) is 0 Å². The van der Waals surface area contributed by atoms with Crippen LogP contribution in [-0.4, -0.2) is 17.7 Å². The summed E-state index contributed by atoms with van der Waals surface area (Å²) in [4.78, 5) is 0. The molecule has 0 atom stereocenters. The van der Waals surface area contributed by atoms with E-state index in [9.17, 15) is 0 Å². The van der Waals surface area contributed by atoms with Crippen molar-refractivity contribution < 1.29 is 0 Å². The lowest BCUT2D eigenvalue weighted by molar-refractivity contribution is 0.522. The predicted octanol–water partition coefficient (Wildman–Crippen LogP) is 3.93. The summed E-state index contributed by atoms with van der Waals surface area (Å²) >= 11 is 6.04. The molecule has 1 heterocycles. The second-order valence-electron chi connectivity index (χ2n) is 5.14. The van der Waals surface area contributed by atoms with Crippen molar-refractivity contribution >= 4 is 22.5 Å². The minimum absolute atomic E-state index is 0.767. The van der Waals surface area contributed by atoms with E-state index in [-0.39, 0.29) is 0 Å². The molecule has 0 aliphatic heterocycles. The highest BCUT2D eigenvalue weighted by molar-refractivity contribution is 6.31. The Kier molecular flexibility index (Phi) is 4.67. The van der Waals surface area contributed by atoms with E-state index in [1.54, 1.807) is 0 Å². The summed E-state index contributed by atoms with van der Waals surface area (Å²) in [5, 5.41) is 5.53. The molecule has 18 heavy (non-hydrogen) atoms. The molecular weight excluding hydrogens is 244 g/mol. The molecular formula is C15H21ClN2. The number of hydrogen-bond donors (Lipinski definition) is 1. The van der Waals surface area contributed by atoms with Gasteiger partial charge in [-0.2, -0.15) is 0 Å². The summed E-state index contributed by atoms with van der Waals surface area (Å²) in [5.41, 5.74) is 1.22. The molecule has 0 fully saturated rings. The van der Waals surface area contributed by atoms with Crippen molar-refractivity contribution in [3.8, 4) is 0 Å². The van der Waals surface area contributed by atoms with Gasteiger partial charge in [0.25, 0.3) is 0 Å². The Morgan fingerprint density at radius 1 is 1.22 bits per heavy atom. The van der Waals surface area contributed by atoms with Crippen LogP contribution in [0.2, 0.25) is 5.02 Å². The van der Waals surface area contributed by atoms with E-state index in [1.807, 2.05) is 12.1 Å². The number of nitrogens with one attached hydrogen (secondary N) is 1. The van der Waals surface area contributed by atoms with Crippen LogP contribution >= 0.6 is 11.6 Å². The van der Waals surface area contributed by atoms with Crippen molar-refractivity contribution in [3.63, 3.8) is 0 Å². The van der Waals surface area contributed by atoms with Gasteiger partial charge < -0.3 is 9.88 Å². The summed E-state index contributed by atoms with van der Waals surface area (Å²) in [6, 6.07) is 8.18. The van der Waals surface area contributed by atoms with Crippen LogP contribution in [0, 0.1) is 5.92 Å². The standard InChI is InChI=1S/C15H21ClN2/c1-12(2)5-7-17-8-10-18-9-6-13-3-4-14(16)11-15(13)18/h3-4,6,9,11-12,17H,5,7-8,10H2,1-2H3. The monoisotopic (exact) mass is 264 g/mol. The molecule has 0 amide bonds. The summed E-state index contributed by atoms with van der Waals surface area (Å²) in [6.07, 6.45) is 3.36. The number of benzene rings is 1. The van der Waals surface area contributed by atoms with E-state index >= 15 is 0 Å². The van der Waals surface area contributed by atoms with Gasteiger partial charge >= 0.3 is 0 Å². The fourth-order valence-corrected chi connectivity index (χ4v) is 2.23. The molecule has 2 nitrogen and oxygen atoms in total. The van der Waals surface area contributed by atoms with Gasteiger partial charge in [-0.3, -0.25) is 0 Å². The van der Waals surface area contributed by atoms with Crippen molar-refractivity contribution in [3.05, 3.63) is 35.5 Å². The van der Waals surface area contributed by atoms with Gasteiger partial charge in [-0.15, -0.1) is 0 Å². The van der Waals surface area contributed by atoms with Crippen LogP contribution in [0.4, 0.5) is 0 Å². The minimum atomic E-state index is 0.767. The van der Waals surface area contributed by atoms with E-state index in [0.29, 0.717) is 0 Å². The first-order chi connectivity index (χ1) is 8.66. The van der Waals surface area contributed by atoms with E-state index < -0.39 is 0 Å². The summed E-state index contributed by atoms with van der Waals surface area (Å²) in [7, 11) is 0. The van der Waals surface area contributed by atoms with E-state index in [1.165, 1.54) is 17.3 Å². The second-order valence-corrected chi connectivity index (χ2v) is 5.58. The molecule has 0 radical (unpaired) electrons. The average Bonchev–Trinajstić information content (AvgIpc) is 2.71. The molecule has 1 aromatic carbocycles. The van der Waals surface area contributed by atoms with E-state index in [0.717, 1.165) is 30.6 Å². The lowest BCUT2D eigenvalue weighted by Gasteiger charge is -2.09. The van der Waals surface area contributed by atoms with Gasteiger partial charge in [0, 0.05) is 29.8 Å². The van der Waals surface area contributed by atoms with Crippen molar-refractivity contribution in [2.24, 2.45) is 5.92 Å². The maximum atomic E-state index is 6.04. The average molecular weight is 265 g/mol. The molecule has 0 saturated heterocycles. The van der Waals surface area contributed by atoms with Crippen LogP contribution in [-0.2, 0) is 6.54 Å². The molecule has 0 spiro atoms. The Morgan fingerprint density at radius 2 is 2.06 bits per heavy atom. The van der Waals surface area contributed by atoms with Crippen molar-refractivity contribution in [2.75, 3.05) is 13.1 Å². The lowest BCUT2D eigenvalue weighted by atomic mass is 10.1. The molecule has 0 aliphatic carbocycles. The summed E-state index contributed by atoms with van der Waals surface area (Å²) in [5.74, 6) is 0.767. The third-order valence-electron chi connectivity index (χ3n) is 3.16. The van der Waals surface area contributed by atoms with Gasteiger partial charge in [-0.05, 0) is 42.5 Å². The highest BCUT2D eigenvalue weighted by Gasteiger charge is 2.01. The number of rotatable bonds is 6. The molecule has 0 unspecified atom stereocenters. The molecule has 1 N–H and O–H groups in total. The highest BCUT2D eigenvalue weighted by atomic mass is 35.5. The first-order valence-electron chi connectivity index (χ1n) is 6.62. The SMILES string of the molecule is CC(C)CCNCCn1ccc2ccc(Cl)cc21. The molecule has 2 aromatic rings. The fraction of sp³-hybridized carbons (Fsp3) is 0.467. The van der Waals surface area contributed by atoms with E-state index in [4.69, 9.17) is 11.6 Å². The smallest absolute Gasteiger partial charge is 0.0495 e. The summed E-state index contributed by atoms with van der Waals surface area (Å²) < 4.78 is 2.25. The first-order valence-corrected chi connectivity index (χ1v) is 7.00. The third-order valence-corrected chi connectivity index (χ3v) is 3.40. The molecule has 1 aromatic heterocycles. The molecule has 0 bridgehead atoms. The van der Waals surface area contributed by atoms with E-state index in [2.05, 4.69) is 42.1 Å². The molecule has 3 heteroatoms. The second kappa shape index (κ2) is 6.26. The predicted molar refractivity (Wildman–Crippen MR) is 79.3 cm³/mol. The number of halogens is 1. The molecule has 0 saturated carbocycles. The van der Waals surface area contributed by atoms with Crippen molar-refractivity contribution in [1.29, 1.82) is 0 Å². The lowest BCUT2D eigenvalue weighted by Crippen LogP contribution is -2.21. The Bertz CT molecular complexity index is 502. The van der Waals surface area contributed by atoms with Gasteiger partial charge in [-0.1, -0.05) is 31.5 Å². The zero-order chi connectivity index (χ0) is 13.0. The molecule has 2 rings (SSSR count). The van der Waals surface area contributed by atoms with Crippen LogP contribution in [0.1, 0.15) is 20.3 Å². The molecule has 0 aliphatic rings. The zero-order valence-electron chi connectivity index (χ0n) is 11.1.